The van der Waals surface area contributed by atoms with Crippen LogP contribution in [0.3, 0.4) is 0 Å². The third kappa shape index (κ3) is 4.02. The predicted octanol–water partition coefficient (Wildman–Crippen LogP) is 5.84. The molecular formula is C26H20N4O3S2. The van der Waals surface area contributed by atoms with E-state index in [1.807, 2.05) is 59.5 Å². The van der Waals surface area contributed by atoms with Crippen molar-refractivity contribution in [2.24, 2.45) is 0 Å². The molecule has 0 spiro atoms. The van der Waals surface area contributed by atoms with Crippen molar-refractivity contribution in [3.8, 4) is 21.9 Å². The van der Waals surface area contributed by atoms with E-state index < -0.39 is 0 Å². The average molecular weight is 501 g/mol. The summed E-state index contributed by atoms with van der Waals surface area (Å²) >= 11 is 3.10. The first-order valence-corrected chi connectivity index (χ1v) is 12.8. The van der Waals surface area contributed by atoms with E-state index in [9.17, 15) is 9.59 Å². The quantitative estimate of drug-likeness (QED) is 0.335. The molecule has 2 amide bonds. The van der Waals surface area contributed by atoms with Crippen LogP contribution >= 0.6 is 22.7 Å². The molecular weight excluding hydrogens is 480 g/mol. The molecule has 9 heteroatoms. The molecule has 0 fully saturated rings. The number of benzene rings is 2. The molecule has 0 unspecified atom stereocenters. The van der Waals surface area contributed by atoms with Crippen LogP contribution in [0.5, 0.6) is 0 Å². The number of thiazole rings is 1. The molecule has 0 aliphatic carbocycles. The molecule has 7 nitrogen and oxygen atoms in total. The molecule has 0 radical (unpaired) electrons. The summed E-state index contributed by atoms with van der Waals surface area (Å²) in [6.07, 6.45) is 0.717. The Kier molecular flexibility index (Phi) is 5.43. The van der Waals surface area contributed by atoms with Crippen molar-refractivity contribution in [2.45, 2.75) is 19.9 Å². The number of para-hydroxylation sites is 1. The number of carbonyl (C=O) groups is 2. The Morgan fingerprint density at radius 1 is 1.06 bits per heavy atom. The highest BCUT2D eigenvalue weighted by Crippen LogP contribution is 2.45. The van der Waals surface area contributed by atoms with Crippen LogP contribution in [0.4, 0.5) is 5.00 Å². The van der Waals surface area contributed by atoms with Gasteiger partial charge in [-0.2, -0.15) is 0 Å². The van der Waals surface area contributed by atoms with Gasteiger partial charge in [-0.1, -0.05) is 47.6 Å². The smallest absolute Gasteiger partial charge is 0.278 e. The Hall–Kier alpha value is -3.82. The zero-order valence-corrected chi connectivity index (χ0v) is 20.4. The summed E-state index contributed by atoms with van der Waals surface area (Å²) in [7, 11) is 0. The Morgan fingerprint density at radius 2 is 1.86 bits per heavy atom. The molecule has 0 saturated carbocycles. The van der Waals surface area contributed by atoms with Crippen molar-refractivity contribution in [1.29, 1.82) is 0 Å². The topological polar surface area (TPSA) is 88.3 Å². The number of carbonyl (C=O) groups excluding carboxylic acids is 2. The lowest BCUT2D eigenvalue weighted by atomic mass is 10.0. The number of rotatable bonds is 4. The maximum atomic E-state index is 13.2. The second kappa shape index (κ2) is 8.75. The van der Waals surface area contributed by atoms with Crippen LogP contribution in [0.1, 0.15) is 27.9 Å². The Balaban J connectivity index is 1.38. The molecule has 6 rings (SSSR count). The van der Waals surface area contributed by atoms with E-state index in [0.717, 1.165) is 36.8 Å². The molecule has 1 N–H and O–H groups in total. The average Bonchev–Trinajstić information content (AvgIpc) is 3.60. The maximum absolute atomic E-state index is 13.2. The van der Waals surface area contributed by atoms with Gasteiger partial charge in [0.25, 0.3) is 5.91 Å². The second-order valence-corrected chi connectivity index (χ2v) is 10.4. The lowest BCUT2D eigenvalue weighted by Crippen LogP contribution is -2.33. The first-order valence-electron chi connectivity index (χ1n) is 11.2. The fourth-order valence-corrected chi connectivity index (χ4v) is 6.62. The van der Waals surface area contributed by atoms with Gasteiger partial charge in [-0.05, 0) is 24.1 Å². The Morgan fingerprint density at radius 3 is 2.66 bits per heavy atom. The van der Waals surface area contributed by atoms with Gasteiger partial charge in [-0.15, -0.1) is 22.7 Å². The van der Waals surface area contributed by atoms with E-state index in [1.54, 1.807) is 24.3 Å². The number of hydrogen-bond acceptors (Lipinski definition) is 7. The number of amides is 2. The van der Waals surface area contributed by atoms with Crippen molar-refractivity contribution < 1.29 is 14.1 Å². The number of aromatic nitrogens is 2. The van der Waals surface area contributed by atoms with Gasteiger partial charge in [0.1, 0.15) is 10.0 Å². The summed E-state index contributed by atoms with van der Waals surface area (Å²) < 4.78 is 6.51. The summed E-state index contributed by atoms with van der Waals surface area (Å²) in [5.74, 6) is 0.234. The molecule has 3 aromatic heterocycles. The number of anilines is 1. The first kappa shape index (κ1) is 21.7. The van der Waals surface area contributed by atoms with Crippen molar-refractivity contribution in [1.82, 2.24) is 15.0 Å². The second-order valence-electron chi connectivity index (χ2n) is 8.28. The fourth-order valence-electron chi connectivity index (χ4n) is 4.25. The largest absolute Gasteiger partial charge is 0.355 e. The van der Waals surface area contributed by atoms with Gasteiger partial charge in [0, 0.05) is 35.5 Å². The van der Waals surface area contributed by atoms with Crippen molar-refractivity contribution in [2.75, 3.05) is 11.9 Å². The predicted molar refractivity (Wildman–Crippen MR) is 138 cm³/mol. The molecule has 5 aromatic rings. The zero-order valence-electron chi connectivity index (χ0n) is 18.8. The molecule has 1 aliphatic rings. The Bertz CT molecular complexity index is 1540. The van der Waals surface area contributed by atoms with Gasteiger partial charge in [-0.25, -0.2) is 4.98 Å². The third-order valence-electron chi connectivity index (χ3n) is 6.04. The highest BCUT2D eigenvalue weighted by Gasteiger charge is 2.29. The minimum atomic E-state index is -0.347. The van der Waals surface area contributed by atoms with Gasteiger partial charge in [0.15, 0.2) is 11.5 Å². The molecule has 0 bridgehead atoms. The summed E-state index contributed by atoms with van der Waals surface area (Å²) in [5, 5.41) is 8.63. The summed E-state index contributed by atoms with van der Waals surface area (Å²) in [6, 6.07) is 19.2. The van der Waals surface area contributed by atoms with E-state index in [4.69, 9.17) is 9.51 Å². The summed E-state index contributed by atoms with van der Waals surface area (Å²) in [5.41, 5.74) is 4.07. The van der Waals surface area contributed by atoms with Crippen LogP contribution in [0, 0.1) is 0 Å². The van der Waals surface area contributed by atoms with Crippen molar-refractivity contribution in [3.05, 3.63) is 76.8 Å². The summed E-state index contributed by atoms with van der Waals surface area (Å²) in [6.45, 7) is 2.77. The Labute approximate surface area is 209 Å². The van der Waals surface area contributed by atoms with Gasteiger partial charge in [0.05, 0.1) is 16.8 Å². The highest BCUT2D eigenvalue weighted by molar-refractivity contribution is 7.23. The van der Waals surface area contributed by atoms with Crippen molar-refractivity contribution in [3.63, 3.8) is 0 Å². The zero-order chi connectivity index (χ0) is 23.9. The molecule has 2 aromatic carbocycles. The van der Waals surface area contributed by atoms with E-state index in [2.05, 4.69) is 10.5 Å². The lowest BCUT2D eigenvalue weighted by molar-refractivity contribution is -0.129. The SMILES string of the molecule is CC(=O)N1CCc2c(sc(NC(=O)c3cc(-c4ccccc4)on3)c2-c2nc3ccccc3s2)C1. The molecule has 4 heterocycles. The van der Waals surface area contributed by atoms with Crippen molar-refractivity contribution >= 4 is 49.7 Å². The first-order chi connectivity index (χ1) is 17.1. The minimum absolute atomic E-state index is 0.0483. The van der Waals surface area contributed by atoms with E-state index in [-0.39, 0.29) is 17.5 Å². The van der Waals surface area contributed by atoms with Crippen LogP contribution in [-0.2, 0) is 17.8 Å². The van der Waals surface area contributed by atoms with E-state index in [1.165, 1.54) is 11.3 Å². The fraction of sp³-hybridized carbons (Fsp3) is 0.154. The molecule has 0 atom stereocenters. The van der Waals surface area contributed by atoms with Gasteiger partial charge in [-0.3, -0.25) is 9.59 Å². The minimum Gasteiger partial charge on any atom is -0.355 e. The van der Waals surface area contributed by atoms with Crippen LogP contribution in [0.25, 0.3) is 32.1 Å². The highest BCUT2D eigenvalue weighted by atomic mass is 32.1. The van der Waals surface area contributed by atoms with Gasteiger partial charge >= 0.3 is 0 Å². The number of nitrogens with one attached hydrogen (secondary N) is 1. The maximum Gasteiger partial charge on any atom is 0.278 e. The van der Waals surface area contributed by atoms with Crippen LogP contribution in [0.15, 0.2) is 65.2 Å². The third-order valence-corrected chi connectivity index (χ3v) is 8.22. The van der Waals surface area contributed by atoms with Crippen LogP contribution < -0.4 is 5.32 Å². The van der Waals surface area contributed by atoms with Crippen LogP contribution in [-0.4, -0.2) is 33.4 Å². The van der Waals surface area contributed by atoms with Crippen LogP contribution in [0.2, 0.25) is 0 Å². The number of thiophene rings is 1. The van der Waals surface area contributed by atoms with Gasteiger partial charge < -0.3 is 14.7 Å². The standard InChI is InChI=1S/C26H20N4O3S2/c1-15(31)30-12-11-17-22(14-30)35-26(23(17)25-27-18-9-5-6-10-21(18)34-25)28-24(32)19-13-20(33-29-19)16-7-3-2-4-8-16/h2-10,13H,11-12,14H2,1H3,(H,28,32). The van der Waals surface area contributed by atoms with Gasteiger partial charge in [0.2, 0.25) is 5.91 Å². The molecule has 174 valence electrons. The molecule has 35 heavy (non-hydrogen) atoms. The molecule has 0 saturated heterocycles. The summed E-state index contributed by atoms with van der Waals surface area (Å²) in [4.78, 5) is 33.0. The van der Waals surface area contributed by atoms with E-state index in [0.29, 0.717) is 30.3 Å². The number of fused-ring (bicyclic) bond motifs is 2. The monoisotopic (exact) mass is 500 g/mol. The number of hydrogen-bond donors (Lipinski definition) is 1. The normalized spacial score (nSPS) is 13.1. The lowest BCUT2D eigenvalue weighted by Gasteiger charge is -2.25. The number of nitrogens with zero attached hydrogens (tertiary/aromatic N) is 3. The molecule has 1 aliphatic heterocycles. The van der Waals surface area contributed by atoms with E-state index >= 15 is 0 Å².